The maximum absolute atomic E-state index is 6.44. The summed E-state index contributed by atoms with van der Waals surface area (Å²) < 4.78 is 6.17. The molecule has 1 rings (SSSR count). The highest BCUT2D eigenvalue weighted by Gasteiger charge is 2.47. The van der Waals surface area contributed by atoms with Crippen LogP contribution >= 0.6 is 0 Å². The van der Waals surface area contributed by atoms with E-state index in [0.29, 0.717) is 0 Å². The average molecular weight is 265 g/mol. The summed E-state index contributed by atoms with van der Waals surface area (Å²) in [7, 11) is 0. The van der Waals surface area contributed by atoms with Crippen LogP contribution in [-0.2, 0) is 4.74 Å². The Morgan fingerprint density at radius 2 is 1.84 bits per heavy atom. The van der Waals surface area contributed by atoms with Crippen LogP contribution < -0.4 is 5.73 Å². The van der Waals surface area contributed by atoms with Crippen LogP contribution in [-0.4, -0.2) is 18.2 Å². The van der Waals surface area contributed by atoms with E-state index in [1.54, 1.807) is 0 Å². The van der Waals surface area contributed by atoms with Crippen molar-refractivity contribution < 1.29 is 4.74 Å². The van der Waals surface area contributed by atoms with E-state index in [4.69, 9.17) is 10.5 Å². The van der Waals surface area contributed by atoms with Crippen molar-refractivity contribution in [1.29, 1.82) is 0 Å². The van der Waals surface area contributed by atoms with E-state index in [9.17, 15) is 0 Å². The second-order valence-corrected chi connectivity index (χ2v) is 7.58. The minimum absolute atomic E-state index is 0.0526. The first kappa shape index (κ1) is 16.5. The highest BCUT2D eigenvalue weighted by molar-refractivity contribution is 5.42. The first-order chi connectivity index (χ1) is 8.44. The molecular weight excluding hydrogens is 234 g/mol. The van der Waals surface area contributed by atoms with Crippen molar-refractivity contribution in [2.75, 3.05) is 6.61 Å². The highest BCUT2D eigenvalue weighted by Crippen LogP contribution is 2.49. The molecule has 0 aromatic carbocycles. The third-order valence-corrected chi connectivity index (χ3v) is 4.18. The van der Waals surface area contributed by atoms with Crippen LogP contribution in [0.15, 0.2) is 23.8 Å². The molecule has 0 bridgehead atoms. The van der Waals surface area contributed by atoms with Crippen LogP contribution in [0.25, 0.3) is 0 Å². The first-order valence-corrected chi connectivity index (χ1v) is 7.28. The lowest BCUT2D eigenvalue weighted by Gasteiger charge is -2.50. The number of nitrogens with two attached hydrogens (primary N) is 1. The number of ether oxygens (including phenoxy) is 1. The van der Waals surface area contributed by atoms with Gasteiger partial charge in [-0.1, -0.05) is 54.2 Å². The van der Waals surface area contributed by atoms with Gasteiger partial charge in [-0.25, -0.2) is 0 Å². The molecule has 19 heavy (non-hydrogen) atoms. The van der Waals surface area contributed by atoms with Gasteiger partial charge >= 0.3 is 0 Å². The summed E-state index contributed by atoms with van der Waals surface area (Å²) in [5, 5.41) is 0. The SMILES string of the molecule is C=C1C(C)(N)C=C(C(C)(C)C)C(OCCC)C1(C)C. The second-order valence-electron chi connectivity index (χ2n) is 7.58. The lowest BCUT2D eigenvalue weighted by atomic mass is 9.60. The van der Waals surface area contributed by atoms with Crippen molar-refractivity contribution in [2.24, 2.45) is 16.6 Å². The Bertz CT molecular complexity index is 383. The average Bonchev–Trinajstić information content (AvgIpc) is 2.23. The normalized spacial score (nSPS) is 31.3. The molecular formula is C17H31NO. The highest BCUT2D eigenvalue weighted by atomic mass is 16.5. The van der Waals surface area contributed by atoms with Crippen molar-refractivity contribution in [2.45, 2.75) is 66.5 Å². The molecule has 0 fully saturated rings. The van der Waals surface area contributed by atoms with Gasteiger partial charge in [0.1, 0.15) is 0 Å². The molecule has 0 radical (unpaired) electrons. The van der Waals surface area contributed by atoms with E-state index >= 15 is 0 Å². The minimum atomic E-state index is -0.460. The molecule has 0 aliphatic heterocycles. The standard InChI is InChI=1S/C17H31NO/c1-9-10-19-14-13(15(3,4)5)11-17(8,18)12(2)16(14,6)7/h11,14H,2,9-10,18H2,1,3-8H3. The number of hydrogen-bond donors (Lipinski definition) is 1. The molecule has 1 aliphatic rings. The number of hydrogen-bond acceptors (Lipinski definition) is 2. The van der Waals surface area contributed by atoms with Crippen LogP contribution in [0.3, 0.4) is 0 Å². The smallest absolute Gasteiger partial charge is 0.0879 e. The zero-order valence-corrected chi connectivity index (χ0v) is 13.8. The second kappa shape index (κ2) is 5.06. The maximum atomic E-state index is 6.44. The molecule has 2 N–H and O–H groups in total. The van der Waals surface area contributed by atoms with E-state index in [2.05, 4.69) is 54.2 Å². The van der Waals surface area contributed by atoms with Crippen LogP contribution in [0.5, 0.6) is 0 Å². The van der Waals surface area contributed by atoms with E-state index in [1.807, 2.05) is 6.92 Å². The van der Waals surface area contributed by atoms with Crippen LogP contribution in [0.2, 0.25) is 0 Å². The Balaban J connectivity index is 3.32. The molecule has 0 aromatic heterocycles. The minimum Gasteiger partial charge on any atom is -0.373 e. The van der Waals surface area contributed by atoms with E-state index in [1.165, 1.54) is 5.57 Å². The largest absolute Gasteiger partial charge is 0.373 e. The van der Waals surface area contributed by atoms with Gasteiger partial charge in [-0.3, -0.25) is 0 Å². The van der Waals surface area contributed by atoms with Crippen molar-refractivity contribution in [3.63, 3.8) is 0 Å². The van der Waals surface area contributed by atoms with Crippen molar-refractivity contribution in [3.8, 4) is 0 Å². The molecule has 110 valence electrons. The van der Waals surface area contributed by atoms with Gasteiger partial charge < -0.3 is 10.5 Å². The summed E-state index contributed by atoms with van der Waals surface area (Å²) in [4.78, 5) is 0. The third-order valence-electron chi connectivity index (χ3n) is 4.18. The monoisotopic (exact) mass is 265 g/mol. The summed E-state index contributed by atoms with van der Waals surface area (Å²) in [6.45, 7) is 20.3. The lowest BCUT2D eigenvalue weighted by Crippen LogP contribution is -2.53. The van der Waals surface area contributed by atoms with Gasteiger partial charge in [0.25, 0.3) is 0 Å². The molecule has 0 saturated heterocycles. The maximum Gasteiger partial charge on any atom is 0.0879 e. The molecule has 2 nitrogen and oxygen atoms in total. The van der Waals surface area contributed by atoms with Crippen LogP contribution in [0.1, 0.15) is 54.9 Å². The van der Waals surface area contributed by atoms with Gasteiger partial charge in [0.2, 0.25) is 0 Å². The molecule has 2 atom stereocenters. The zero-order chi connectivity index (χ0) is 15.1. The van der Waals surface area contributed by atoms with E-state index < -0.39 is 5.54 Å². The van der Waals surface area contributed by atoms with Gasteiger partial charge in [-0.2, -0.15) is 0 Å². The van der Waals surface area contributed by atoms with Crippen LogP contribution in [0.4, 0.5) is 0 Å². The Labute approximate surface area is 119 Å². The van der Waals surface area contributed by atoms with Crippen LogP contribution in [0, 0.1) is 10.8 Å². The Morgan fingerprint density at radius 3 is 2.26 bits per heavy atom. The van der Waals surface area contributed by atoms with Crippen molar-refractivity contribution in [3.05, 3.63) is 23.8 Å². The zero-order valence-electron chi connectivity index (χ0n) is 13.8. The van der Waals surface area contributed by atoms with Gasteiger partial charge in [0, 0.05) is 12.0 Å². The predicted molar refractivity (Wildman–Crippen MR) is 83.1 cm³/mol. The fraction of sp³-hybridized carbons (Fsp3) is 0.765. The molecule has 0 heterocycles. The molecule has 0 saturated carbocycles. The Kier molecular flexibility index (Phi) is 4.39. The third kappa shape index (κ3) is 3.11. The molecule has 0 amide bonds. The molecule has 0 aromatic rings. The van der Waals surface area contributed by atoms with Gasteiger partial charge in [-0.05, 0) is 29.9 Å². The Morgan fingerprint density at radius 1 is 1.32 bits per heavy atom. The quantitative estimate of drug-likeness (QED) is 0.781. The summed E-state index contributed by atoms with van der Waals surface area (Å²) in [6.07, 6.45) is 3.26. The van der Waals surface area contributed by atoms with Crippen molar-refractivity contribution in [1.82, 2.24) is 0 Å². The first-order valence-electron chi connectivity index (χ1n) is 7.28. The topological polar surface area (TPSA) is 35.2 Å². The lowest BCUT2D eigenvalue weighted by molar-refractivity contribution is -0.00444. The summed E-state index contributed by atoms with van der Waals surface area (Å²) in [5.41, 5.74) is 8.24. The summed E-state index contributed by atoms with van der Waals surface area (Å²) >= 11 is 0. The van der Waals surface area contributed by atoms with E-state index in [-0.39, 0.29) is 16.9 Å². The Hall–Kier alpha value is -0.600. The number of rotatable bonds is 3. The molecule has 2 heteroatoms. The van der Waals surface area contributed by atoms with Gasteiger partial charge in [0.15, 0.2) is 0 Å². The van der Waals surface area contributed by atoms with Crippen molar-refractivity contribution >= 4 is 0 Å². The summed E-state index contributed by atoms with van der Waals surface area (Å²) in [5.74, 6) is 0. The predicted octanol–water partition coefficient (Wildman–Crippen LogP) is 4.07. The van der Waals surface area contributed by atoms with E-state index in [0.717, 1.165) is 18.6 Å². The molecule has 0 spiro atoms. The molecule has 2 unspecified atom stereocenters. The fourth-order valence-corrected chi connectivity index (χ4v) is 2.87. The summed E-state index contributed by atoms with van der Waals surface area (Å²) in [6, 6.07) is 0. The fourth-order valence-electron chi connectivity index (χ4n) is 2.87. The molecule has 1 aliphatic carbocycles. The van der Waals surface area contributed by atoms with Gasteiger partial charge in [0.05, 0.1) is 11.6 Å². The van der Waals surface area contributed by atoms with Gasteiger partial charge in [-0.15, -0.1) is 0 Å².